The van der Waals surface area contributed by atoms with E-state index in [9.17, 15) is 9.59 Å². The molecule has 1 atom stereocenters. The van der Waals surface area contributed by atoms with Gasteiger partial charge in [-0.25, -0.2) is 4.79 Å². The van der Waals surface area contributed by atoms with E-state index in [0.717, 1.165) is 25.7 Å². The number of urea groups is 1. The monoisotopic (exact) mass is 352 g/mol. The topological polar surface area (TPSA) is 69.6 Å². The predicted octanol–water partition coefficient (Wildman–Crippen LogP) is 3.51. The summed E-state index contributed by atoms with van der Waals surface area (Å²) in [5.41, 5.74) is 1.14. The number of hydrogen-bond donors (Lipinski definition) is 2. The van der Waals surface area contributed by atoms with Gasteiger partial charge >= 0.3 is 12.0 Å². The molecule has 1 aromatic rings. The van der Waals surface area contributed by atoms with E-state index >= 15 is 0 Å². The maximum atomic E-state index is 12.3. The molecule has 2 amide bonds. The van der Waals surface area contributed by atoms with Crippen molar-refractivity contribution in [3.8, 4) is 0 Å². The molecule has 2 N–H and O–H groups in total. The molecule has 1 saturated carbocycles. The summed E-state index contributed by atoms with van der Waals surface area (Å²) in [6.07, 6.45) is 4.35. The number of aliphatic carboxylic acids is 1. The third kappa shape index (κ3) is 4.41. The number of carbonyl (C=O) groups is 2. The molecular weight excluding hydrogens is 328 g/mol. The van der Waals surface area contributed by atoms with Gasteiger partial charge in [-0.15, -0.1) is 0 Å². The highest BCUT2D eigenvalue weighted by Gasteiger charge is 2.36. The number of nitrogens with zero attached hydrogens (tertiary/aromatic N) is 1. The van der Waals surface area contributed by atoms with Crippen molar-refractivity contribution in [1.82, 2.24) is 10.2 Å². The number of amides is 2. The van der Waals surface area contributed by atoms with Gasteiger partial charge in [-0.3, -0.25) is 4.79 Å². The van der Waals surface area contributed by atoms with Crippen LogP contribution in [0.15, 0.2) is 24.3 Å². The molecule has 0 aliphatic heterocycles. The smallest absolute Gasteiger partial charge is 0.317 e. The molecule has 1 aliphatic carbocycles. The van der Waals surface area contributed by atoms with Gasteiger partial charge in [0.1, 0.15) is 0 Å². The minimum absolute atomic E-state index is 0.0560. The molecule has 0 saturated heterocycles. The summed E-state index contributed by atoms with van der Waals surface area (Å²) in [4.78, 5) is 24.6. The quantitative estimate of drug-likeness (QED) is 0.823. The zero-order chi connectivity index (χ0) is 17.7. The third-order valence-corrected chi connectivity index (χ3v) is 5.16. The Morgan fingerprint density at radius 3 is 2.42 bits per heavy atom. The maximum absolute atomic E-state index is 12.3. The fourth-order valence-electron chi connectivity index (χ4n) is 3.37. The molecule has 0 bridgehead atoms. The number of carboxylic acid groups (broad SMARTS) is 1. The van der Waals surface area contributed by atoms with Gasteiger partial charge in [0.2, 0.25) is 0 Å². The van der Waals surface area contributed by atoms with Crippen molar-refractivity contribution in [2.45, 2.75) is 38.0 Å². The first kappa shape index (κ1) is 18.6. The van der Waals surface area contributed by atoms with E-state index in [0.29, 0.717) is 11.6 Å². The molecule has 132 valence electrons. The molecule has 1 aliphatic rings. The van der Waals surface area contributed by atoms with Crippen LogP contribution in [-0.2, 0) is 10.2 Å². The second-order valence-electron chi connectivity index (χ2n) is 6.77. The van der Waals surface area contributed by atoms with Gasteiger partial charge in [-0.05, 0) is 30.5 Å². The van der Waals surface area contributed by atoms with Crippen LogP contribution < -0.4 is 5.32 Å². The zero-order valence-corrected chi connectivity index (χ0v) is 15.0. The number of hydrogen-bond acceptors (Lipinski definition) is 2. The molecule has 0 spiro atoms. The summed E-state index contributed by atoms with van der Waals surface area (Å²) in [5.74, 6) is -1.49. The van der Waals surface area contributed by atoms with Gasteiger partial charge in [0.15, 0.2) is 0 Å². The largest absolute Gasteiger partial charge is 0.481 e. The SMILES string of the molecule is CC(CN(C)C(=O)NCC1(c2ccc(Cl)cc2)CCCC1)C(=O)O. The van der Waals surface area contributed by atoms with E-state index in [-0.39, 0.29) is 18.0 Å². The van der Waals surface area contributed by atoms with Gasteiger partial charge in [-0.2, -0.15) is 0 Å². The van der Waals surface area contributed by atoms with Crippen molar-refractivity contribution >= 4 is 23.6 Å². The van der Waals surface area contributed by atoms with E-state index in [1.54, 1.807) is 14.0 Å². The van der Waals surface area contributed by atoms with Crippen LogP contribution in [0, 0.1) is 5.92 Å². The Labute approximate surface area is 148 Å². The number of benzene rings is 1. The summed E-state index contributed by atoms with van der Waals surface area (Å²) in [5, 5.41) is 12.6. The highest BCUT2D eigenvalue weighted by molar-refractivity contribution is 6.30. The molecule has 24 heavy (non-hydrogen) atoms. The number of nitrogens with one attached hydrogen (secondary N) is 1. The van der Waals surface area contributed by atoms with Gasteiger partial charge in [0.25, 0.3) is 0 Å². The average molecular weight is 353 g/mol. The summed E-state index contributed by atoms with van der Waals surface area (Å²) in [6, 6.07) is 7.62. The van der Waals surface area contributed by atoms with Crippen LogP contribution in [0.5, 0.6) is 0 Å². The number of carboxylic acids is 1. The lowest BCUT2D eigenvalue weighted by Crippen LogP contribution is -2.46. The van der Waals surface area contributed by atoms with Crippen molar-refractivity contribution in [1.29, 1.82) is 0 Å². The van der Waals surface area contributed by atoms with Gasteiger partial charge < -0.3 is 15.3 Å². The summed E-state index contributed by atoms with van der Waals surface area (Å²) in [6.45, 7) is 2.34. The second kappa shape index (κ2) is 7.88. The molecule has 5 nitrogen and oxygen atoms in total. The minimum atomic E-state index is -0.900. The van der Waals surface area contributed by atoms with E-state index in [1.807, 2.05) is 24.3 Å². The second-order valence-corrected chi connectivity index (χ2v) is 7.21. The van der Waals surface area contributed by atoms with Crippen LogP contribution in [0.1, 0.15) is 38.2 Å². The molecular formula is C18H25ClN2O3. The highest BCUT2D eigenvalue weighted by atomic mass is 35.5. The Kier molecular flexibility index (Phi) is 6.10. The third-order valence-electron chi connectivity index (χ3n) is 4.91. The van der Waals surface area contributed by atoms with E-state index in [4.69, 9.17) is 16.7 Å². The van der Waals surface area contributed by atoms with Crippen molar-refractivity contribution in [2.24, 2.45) is 5.92 Å². The highest BCUT2D eigenvalue weighted by Crippen LogP contribution is 2.40. The Morgan fingerprint density at radius 2 is 1.88 bits per heavy atom. The lowest BCUT2D eigenvalue weighted by molar-refractivity contribution is -0.141. The Balaban J connectivity index is 2.00. The molecule has 1 fully saturated rings. The minimum Gasteiger partial charge on any atom is -0.481 e. The van der Waals surface area contributed by atoms with Crippen LogP contribution in [0.2, 0.25) is 5.02 Å². The molecule has 1 aromatic carbocycles. The van der Waals surface area contributed by atoms with Crippen molar-refractivity contribution in [2.75, 3.05) is 20.1 Å². The first-order valence-corrected chi connectivity index (χ1v) is 8.70. The summed E-state index contributed by atoms with van der Waals surface area (Å²) < 4.78 is 0. The van der Waals surface area contributed by atoms with Gasteiger partial charge in [0.05, 0.1) is 5.92 Å². The average Bonchev–Trinajstić information content (AvgIpc) is 3.03. The Hall–Kier alpha value is -1.75. The first-order valence-electron chi connectivity index (χ1n) is 8.32. The fourth-order valence-corrected chi connectivity index (χ4v) is 3.50. The van der Waals surface area contributed by atoms with Crippen LogP contribution >= 0.6 is 11.6 Å². The normalized spacial score (nSPS) is 17.3. The van der Waals surface area contributed by atoms with E-state index in [1.165, 1.54) is 10.5 Å². The number of rotatable bonds is 6. The Bertz CT molecular complexity index is 582. The van der Waals surface area contributed by atoms with Crippen LogP contribution in [0.3, 0.4) is 0 Å². The van der Waals surface area contributed by atoms with Crippen LogP contribution in [0.25, 0.3) is 0 Å². The van der Waals surface area contributed by atoms with Gasteiger partial charge in [-0.1, -0.05) is 43.5 Å². The lowest BCUT2D eigenvalue weighted by Gasteiger charge is -2.31. The molecule has 0 radical (unpaired) electrons. The molecule has 1 unspecified atom stereocenters. The number of carbonyl (C=O) groups excluding carboxylic acids is 1. The first-order chi connectivity index (χ1) is 11.3. The maximum Gasteiger partial charge on any atom is 0.317 e. The Morgan fingerprint density at radius 1 is 1.29 bits per heavy atom. The molecule has 6 heteroatoms. The fraction of sp³-hybridized carbons (Fsp3) is 0.556. The standard InChI is InChI=1S/C18H25ClN2O3/c1-13(16(22)23)11-21(2)17(24)20-12-18(9-3-4-10-18)14-5-7-15(19)8-6-14/h5-8,13H,3-4,9-12H2,1-2H3,(H,20,24)(H,22,23). The van der Waals surface area contributed by atoms with Crippen molar-refractivity contribution in [3.63, 3.8) is 0 Å². The van der Waals surface area contributed by atoms with Crippen molar-refractivity contribution in [3.05, 3.63) is 34.9 Å². The van der Waals surface area contributed by atoms with E-state index < -0.39 is 11.9 Å². The molecule has 0 aromatic heterocycles. The van der Waals surface area contributed by atoms with Crippen molar-refractivity contribution < 1.29 is 14.7 Å². The lowest BCUT2D eigenvalue weighted by atomic mass is 9.79. The predicted molar refractivity (Wildman–Crippen MR) is 94.4 cm³/mol. The number of halogens is 1. The van der Waals surface area contributed by atoms with Gasteiger partial charge in [0, 0.05) is 30.6 Å². The van der Waals surface area contributed by atoms with Crippen LogP contribution in [0.4, 0.5) is 4.79 Å². The summed E-state index contributed by atoms with van der Waals surface area (Å²) >= 11 is 5.98. The van der Waals surface area contributed by atoms with Crippen LogP contribution in [-0.4, -0.2) is 42.1 Å². The zero-order valence-electron chi connectivity index (χ0n) is 14.2. The molecule has 2 rings (SSSR count). The summed E-state index contributed by atoms with van der Waals surface area (Å²) in [7, 11) is 1.62. The molecule has 0 heterocycles. The van der Waals surface area contributed by atoms with E-state index in [2.05, 4.69) is 5.32 Å².